The number of fused-ring (bicyclic) bond motifs is 1. The second-order valence-electron chi connectivity index (χ2n) is 9.13. The van der Waals surface area contributed by atoms with E-state index in [4.69, 9.17) is 0 Å². The zero-order chi connectivity index (χ0) is 25.7. The standard InChI is InChI=1S/C28H31F2N3O2S/c1-3-18-5-4-6-19(9-18)15-31-16-26(34)25(12-20-10-23(29)14-24(30)11-20)32-28(35)21-7-8-22-17-33(2)36-27(22)13-21/h4-11,13-14,25-26,31,34H,3,12,15-17H2,1-2H3,(H,32,35)/t25-,26+/m0/s1. The van der Waals surface area contributed by atoms with Gasteiger partial charge in [0.05, 0.1) is 12.1 Å². The molecule has 0 fully saturated rings. The molecule has 190 valence electrons. The largest absolute Gasteiger partial charge is 0.390 e. The van der Waals surface area contributed by atoms with Crippen LogP contribution in [0.15, 0.2) is 65.6 Å². The lowest BCUT2D eigenvalue weighted by Crippen LogP contribution is -2.48. The van der Waals surface area contributed by atoms with E-state index in [2.05, 4.69) is 34.0 Å². The molecule has 3 aromatic rings. The fourth-order valence-electron chi connectivity index (χ4n) is 4.34. The monoisotopic (exact) mass is 511 g/mol. The molecule has 36 heavy (non-hydrogen) atoms. The van der Waals surface area contributed by atoms with Crippen LogP contribution in [0.5, 0.6) is 0 Å². The number of halogens is 2. The van der Waals surface area contributed by atoms with Crippen LogP contribution in [0.4, 0.5) is 8.78 Å². The van der Waals surface area contributed by atoms with Crippen LogP contribution < -0.4 is 10.6 Å². The Morgan fingerprint density at radius 3 is 2.56 bits per heavy atom. The smallest absolute Gasteiger partial charge is 0.251 e. The summed E-state index contributed by atoms with van der Waals surface area (Å²) in [6, 6.07) is 16.2. The van der Waals surface area contributed by atoms with Crippen LogP contribution >= 0.6 is 11.9 Å². The summed E-state index contributed by atoms with van der Waals surface area (Å²) >= 11 is 1.58. The van der Waals surface area contributed by atoms with Crippen LogP contribution in [0.3, 0.4) is 0 Å². The van der Waals surface area contributed by atoms with Crippen molar-refractivity contribution in [2.24, 2.45) is 0 Å². The topological polar surface area (TPSA) is 64.6 Å². The molecule has 0 saturated carbocycles. The van der Waals surface area contributed by atoms with Gasteiger partial charge < -0.3 is 15.7 Å². The summed E-state index contributed by atoms with van der Waals surface area (Å²) in [7, 11) is 1.99. The van der Waals surface area contributed by atoms with Crippen LogP contribution in [-0.4, -0.2) is 41.1 Å². The van der Waals surface area contributed by atoms with E-state index < -0.39 is 23.8 Å². The van der Waals surface area contributed by atoms with Crippen molar-refractivity contribution < 1.29 is 18.7 Å². The molecule has 5 nitrogen and oxygen atoms in total. The zero-order valence-electron chi connectivity index (χ0n) is 20.4. The fraction of sp³-hybridized carbons (Fsp3) is 0.321. The predicted molar refractivity (Wildman–Crippen MR) is 139 cm³/mol. The molecule has 0 aromatic heterocycles. The maximum absolute atomic E-state index is 13.8. The van der Waals surface area contributed by atoms with E-state index in [9.17, 15) is 18.7 Å². The number of amides is 1. The number of carbonyl (C=O) groups is 1. The number of rotatable bonds is 10. The van der Waals surface area contributed by atoms with Gasteiger partial charge in [-0.3, -0.25) is 4.79 Å². The van der Waals surface area contributed by atoms with Gasteiger partial charge in [-0.2, -0.15) is 0 Å². The van der Waals surface area contributed by atoms with Gasteiger partial charge in [0.2, 0.25) is 0 Å². The SMILES string of the molecule is CCc1cccc(CNC[C@@H](O)[C@H](Cc2cc(F)cc(F)c2)NC(=O)c2ccc3c(c2)SN(C)C3)c1. The minimum absolute atomic E-state index is 0.0804. The number of benzene rings is 3. The average molecular weight is 512 g/mol. The maximum Gasteiger partial charge on any atom is 0.251 e. The van der Waals surface area contributed by atoms with E-state index in [-0.39, 0.29) is 18.9 Å². The Morgan fingerprint density at radius 2 is 1.81 bits per heavy atom. The maximum atomic E-state index is 13.8. The fourth-order valence-corrected chi connectivity index (χ4v) is 5.30. The quantitative estimate of drug-likeness (QED) is 0.351. The molecular weight excluding hydrogens is 480 g/mol. The molecule has 3 N–H and O–H groups in total. The Bertz CT molecular complexity index is 1200. The number of nitrogens with one attached hydrogen (secondary N) is 2. The minimum atomic E-state index is -0.982. The summed E-state index contributed by atoms with van der Waals surface area (Å²) in [6.07, 6.45) is 0.0353. The highest BCUT2D eigenvalue weighted by molar-refractivity contribution is 7.97. The number of aryl methyl sites for hydroxylation is 1. The van der Waals surface area contributed by atoms with E-state index in [1.165, 1.54) is 17.7 Å². The molecule has 0 aliphatic carbocycles. The third-order valence-electron chi connectivity index (χ3n) is 6.22. The van der Waals surface area contributed by atoms with Crippen LogP contribution in [0, 0.1) is 11.6 Å². The van der Waals surface area contributed by atoms with Crippen LogP contribution in [0.2, 0.25) is 0 Å². The third kappa shape index (κ3) is 6.91. The molecule has 4 rings (SSSR count). The Balaban J connectivity index is 1.46. The molecule has 0 radical (unpaired) electrons. The molecular formula is C28H31F2N3O2S. The molecule has 2 atom stereocenters. The van der Waals surface area contributed by atoms with Gasteiger partial charge >= 0.3 is 0 Å². The van der Waals surface area contributed by atoms with Crippen molar-refractivity contribution in [3.63, 3.8) is 0 Å². The Labute approximate surface area is 215 Å². The van der Waals surface area contributed by atoms with Crippen molar-refractivity contribution in [1.82, 2.24) is 14.9 Å². The molecule has 8 heteroatoms. The van der Waals surface area contributed by atoms with Crippen LogP contribution in [0.25, 0.3) is 0 Å². The van der Waals surface area contributed by atoms with Gasteiger partial charge in [0.25, 0.3) is 5.91 Å². The zero-order valence-corrected chi connectivity index (χ0v) is 21.2. The molecule has 0 bridgehead atoms. The summed E-state index contributed by atoms with van der Waals surface area (Å²) in [5.41, 5.74) is 4.31. The van der Waals surface area contributed by atoms with Gasteiger partial charge in [0.1, 0.15) is 11.6 Å². The van der Waals surface area contributed by atoms with Crippen LogP contribution in [-0.2, 0) is 25.9 Å². The molecule has 3 aromatic carbocycles. The van der Waals surface area contributed by atoms with Crippen molar-refractivity contribution in [2.75, 3.05) is 13.6 Å². The van der Waals surface area contributed by atoms with Gasteiger partial charge in [-0.15, -0.1) is 0 Å². The van der Waals surface area contributed by atoms with Gasteiger partial charge in [0.15, 0.2) is 0 Å². The second-order valence-corrected chi connectivity index (χ2v) is 10.4. The normalized spacial score (nSPS) is 14.9. The predicted octanol–water partition coefficient (Wildman–Crippen LogP) is 4.47. The number of aliphatic hydroxyl groups excluding tert-OH is 1. The van der Waals surface area contributed by atoms with E-state index in [1.807, 2.05) is 31.3 Å². The highest BCUT2D eigenvalue weighted by Crippen LogP contribution is 2.34. The number of hydrogen-bond acceptors (Lipinski definition) is 5. The summed E-state index contributed by atoms with van der Waals surface area (Å²) < 4.78 is 29.7. The van der Waals surface area contributed by atoms with Gasteiger partial charge in [0, 0.05) is 36.2 Å². The van der Waals surface area contributed by atoms with Crippen molar-refractivity contribution in [2.45, 2.75) is 49.9 Å². The number of nitrogens with zero attached hydrogens (tertiary/aromatic N) is 1. The Kier molecular flexibility index (Phi) is 8.74. The highest BCUT2D eigenvalue weighted by Gasteiger charge is 2.24. The number of carbonyl (C=O) groups excluding carboxylic acids is 1. The van der Waals surface area contributed by atoms with Crippen LogP contribution in [0.1, 0.15) is 39.5 Å². The minimum Gasteiger partial charge on any atom is -0.390 e. The lowest BCUT2D eigenvalue weighted by atomic mass is 9.99. The van der Waals surface area contributed by atoms with E-state index in [0.717, 1.165) is 35.1 Å². The first-order valence-electron chi connectivity index (χ1n) is 12.0. The lowest BCUT2D eigenvalue weighted by Gasteiger charge is -2.25. The first kappa shape index (κ1) is 26.3. The molecule has 0 unspecified atom stereocenters. The summed E-state index contributed by atoms with van der Waals surface area (Å²) in [5.74, 6) is -1.74. The Morgan fingerprint density at radius 1 is 1.06 bits per heavy atom. The number of hydrogen-bond donors (Lipinski definition) is 3. The van der Waals surface area contributed by atoms with Gasteiger partial charge in [-0.1, -0.05) is 37.3 Å². The Hall–Kier alpha value is -2.78. The first-order chi connectivity index (χ1) is 17.3. The summed E-state index contributed by atoms with van der Waals surface area (Å²) in [5, 5.41) is 17.1. The van der Waals surface area contributed by atoms with Crippen molar-refractivity contribution >= 4 is 17.9 Å². The molecule has 1 aliphatic heterocycles. The third-order valence-corrected chi connectivity index (χ3v) is 7.24. The van der Waals surface area contributed by atoms with E-state index >= 15 is 0 Å². The van der Waals surface area contributed by atoms with E-state index in [1.54, 1.807) is 18.0 Å². The number of aliphatic hydroxyl groups is 1. The van der Waals surface area contributed by atoms with Crippen molar-refractivity contribution in [3.05, 3.63) is 100 Å². The highest BCUT2D eigenvalue weighted by atomic mass is 32.2. The van der Waals surface area contributed by atoms with Crippen molar-refractivity contribution in [1.29, 1.82) is 0 Å². The molecule has 1 heterocycles. The van der Waals surface area contributed by atoms with Gasteiger partial charge in [-0.25, -0.2) is 13.1 Å². The molecule has 0 saturated heterocycles. The second kappa shape index (κ2) is 12.0. The molecule has 1 aliphatic rings. The summed E-state index contributed by atoms with van der Waals surface area (Å²) in [6.45, 7) is 3.65. The van der Waals surface area contributed by atoms with Crippen molar-refractivity contribution in [3.8, 4) is 0 Å². The first-order valence-corrected chi connectivity index (χ1v) is 12.8. The lowest BCUT2D eigenvalue weighted by molar-refractivity contribution is 0.0829. The van der Waals surface area contributed by atoms with E-state index in [0.29, 0.717) is 17.7 Å². The van der Waals surface area contributed by atoms with Gasteiger partial charge in [-0.05, 0) is 78.4 Å². The molecule has 1 amide bonds. The average Bonchev–Trinajstić information content (AvgIpc) is 3.22. The molecule has 0 spiro atoms. The summed E-state index contributed by atoms with van der Waals surface area (Å²) in [4.78, 5) is 14.1.